The SMILES string of the molecule is C=CC(=N)C1NCC(=O)N1. The monoisotopic (exact) mass is 139 g/mol. The highest BCUT2D eigenvalue weighted by molar-refractivity contribution is 6.00. The first-order chi connectivity index (χ1) is 4.74. The Bertz CT molecular complexity index is 187. The zero-order valence-corrected chi connectivity index (χ0v) is 5.48. The van der Waals surface area contributed by atoms with Gasteiger partial charge in [-0.2, -0.15) is 0 Å². The third kappa shape index (κ3) is 1.22. The Hall–Kier alpha value is -1.16. The molecule has 4 heteroatoms. The van der Waals surface area contributed by atoms with Crippen molar-refractivity contribution in [2.45, 2.75) is 6.17 Å². The third-order valence-electron chi connectivity index (χ3n) is 1.30. The van der Waals surface area contributed by atoms with Crippen LogP contribution in [0.25, 0.3) is 0 Å². The summed E-state index contributed by atoms with van der Waals surface area (Å²) in [5, 5.41) is 12.6. The van der Waals surface area contributed by atoms with Gasteiger partial charge in [0, 0.05) is 0 Å². The van der Waals surface area contributed by atoms with Crippen molar-refractivity contribution in [2.24, 2.45) is 0 Å². The number of nitrogens with one attached hydrogen (secondary N) is 3. The lowest BCUT2D eigenvalue weighted by atomic mass is 10.3. The van der Waals surface area contributed by atoms with Gasteiger partial charge in [0.25, 0.3) is 0 Å². The summed E-state index contributed by atoms with van der Waals surface area (Å²) in [6.07, 6.45) is 1.08. The average Bonchev–Trinajstić information content (AvgIpc) is 2.34. The first-order valence-corrected chi connectivity index (χ1v) is 2.97. The van der Waals surface area contributed by atoms with Crippen LogP contribution in [0.2, 0.25) is 0 Å². The van der Waals surface area contributed by atoms with Crippen molar-refractivity contribution < 1.29 is 4.79 Å². The highest BCUT2D eigenvalue weighted by Gasteiger charge is 2.21. The Morgan fingerprint density at radius 2 is 2.60 bits per heavy atom. The van der Waals surface area contributed by atoms with Crippen molar-refractivity contribution in [3.63, 3.8) is 0 Å². The van der Waals surface area contributed by atoms with Crippen molar-refractivity contribution in [3.8, 4) is 0 Å². The minimum Gasteiger partial charge on any atom is -0.334 e. The molecule has 0 aromatic rings. The Kier molecular flexibility index (Phi) is 1.82. The zero-order chi connectivity index (χ0) is 7.56. The molecule has 1 aliphatic rings. The quantitative estimate of drug-likeness (QED) is 0.440. The summed E-state index contributed by atoms with van der Waals surface area (Å²) in [7, 11) is 0. The molecule has 3 N–H and O–H groups in total. The summed E-state index contributed by atoms with van der Waals surface area (Å²) < 4.78 is 0. The van der Waals surface area contributed by atoms with E-state index in [9.17, 15) is 4.79 Å². The van der Waals surface area contributed by atoms with Crippen molar-refractivity contribution in [3.05, 3.63) is 12.7 Å². The Balaban J connectivity index is 2.52. The molecular weight excluding hydrogens is 130 g/mol. The maximum absolute atomic E-state index is 10.6. The van der Waals surface area contributed by atoms with Gasteiger partial charge in [0.05, 0.1) is 12.3 Å². The summed E-state index contributed by atoms with van der Waals surface area (Å²) in [4.78, 5) is 10.6. The molecule has 1 heterocycles. The van der Waals surface area contributed by atoms with E-state index < -0.39 is 0 Å². The van der Waals surface area contributed by atoms with E-state index in [1.807, 2.05) is 0 Å². The van der Waals surface area contributed by atoms with Crippen LogP contribution in [0.3, 0.4) is 0 Å². The maximum Gasteiger partial charge on any atom is 0.235 e. The average molecular weight is 139 g/mol. The van der Waals surface area contributed by atoms with Crippen LogP contribution in [-0.2, 0) is 4.79 Å². The lowest BCUT2D eigenvalue weighted by Crippen LogP contribution is -2.38. The molecular formula is C6H9N3O. The number of hydrogen-bond acceptors (Lipinski definition) is 3. The van der Waals surface area contributed by atoms with E-state index in [-0.39, 0.29) is 12.1 Å². The van der Waals surface area contributed by atoms with Crippen LogP contribution in [-0.4, -0.2) is 24.3 Å². The van der Waals surface area contributed by atoms with Crippen LogP contribution in [0.1, 0.15) is 0 Å². The second-order valence-corrected chi connectivity index (χ2v) is 2.04. The van der Waals surface area contributed by atoms with Crippen LogP contribution in [0.15, 0.2) is 12.7 Å². The van der Waals surface area contributed by atoms with E-state index >= 15 is 0 Å². The van der Waals surface area contributed by atoms with Gasteiger partial charge < -0.3 is 10.7 Å². The normalized spacial score (nSPS) is 24.0. The predicted octanol–water partition coefficient (Wildman–Crippen LogP) is -0.762. The number of rotatable bonds is 2. The van der Waals surface area contributed by atoms with Gasteiger partial charge in [0.15, 0.2) is 0 Å². The van der Waals surface area contributed by atoms with Crippen LogP contribution >= 0.6 is 0 Å². The van der Waals surface area contributed by atoms with Gasteiger partial charge in [-0.25, -0.2) is 0 Å². The molecule has 1 rings (SSSR count). The first-order valence-electron chi connectivity index (χ1n) is 2.97. The minimum atomic E-state index is -0.329. The van der Waals surface area contributed by atoms with Gasteiger partial charge in [0.1, 0.15) is 6.17 Å². The van der Waals surface area contributed by atoms with Crippen molar-refractivity contribution in [1.29, 1.82) is 5.41 Å². The van der Waals surface area contributed by atoms with Crippen LogP contribution in [0.4, 0.5) is 0 Å². The molecule has 1 aliphatic heterocycles. The van der Waals surface area contributed by atoms with Crippen LogP contribution < -0.4 is 10.6 Å². The fourth-order valence-electron chi connectivity index (χ4n) is 0.763. The number of carbonyl (C=O) groups excluding carboxylic acids is 1. The van der Waals surface area contributed by atoms with Gasteiger partial charge >= 0.3 is 0 Å². The molecule has 0 aromatic heterocycles. The summed E-state index contributed by atoms with van der Waals surface area (Å²) >= 11 is 0. The summed E-state index contributed by atoms with van der Waals surface area (Å²) in [5.41, 5.74) is 0.297. The molecule has 1 amide bonds. The highest BCUT2D eigenvalue weighted by atomic mass is 16.2. The second-order valence-electron chi connectivity index (χ2n) is 2.04. The zero-order valence-electron chi connectivity index (χ0n) is 5.48. The predicted molar refractivity (Wildman–Crippen MR) is 37.9 cm³/mol. The van der Waals surface area contributed by atoms with E-state index in [1.165, 1.54) is 6.08 Å². The molecule has 4 nitrogen and oxygen atoms in total. The molecule has 0 radical (unpaired) electrons. The molecule has 54 valence electrons. The maximum atomic E-state index is 10.6. The standard InChI is InChI=1S/C6H9N3O/c1-2-4(7)6-8-3-5(10)9-6/h2,6-8H,1,3H2,(H,9,10). The molecule has 0 bridgehead atoms. The Morgan fingerprint density at radius 3 is 3.00 bits per heavy atom. The molecule has 0 aromatic carbocycles. The molecule has 1 atom stereocenters. The van der Waals surface area contributed by atoms with Crippen LogP contribution in [0.5, 0.6) is 0 Å². The minimum absolute atomic E-state index is 0.0726. The van der Waals surface area contributed by atoms with Crippen molar-refractivity contribution in [1.82, 2.24) is 10.6 Å². The van der Waals surface area contributed by atoms with E-state index in [4.69, 9.17) is 5.41 Å². The Morgan fingerprint density at radius 1 is 1.90 bits per heavy atom. The van der Waals surface area contributed by atoms with Crippen LogP contribution in [0, 0.1) is 5.41 Å². The van der Waals surface area contributed by atoms with Gasteiger partial charge in [0.2, 0.25) is 5.91 Å². The fraction of sp³-hybridized carbons (Fsp3) is 0.333. The van der Waals surface area contributed by atoms with E-state index in [2.05, 4.69) is 17.2 Å². The highest BCUT2D eigenvalue weighted by Crippen LogP contribution is 1.89. The molecule has 0 saturated carbocycles. The van der Waals surface area contributed by atoms with Crippen molar-refractivity contribution in [2.75, 3.05) is 6.54 Å². The molecule has 1 fully saturated rings. The van der Waals surface area contributed by atoms with Crippen molar-refractivity contribution >= 4 is 11.6 Å². The van der Waals surface area contributed by atoms with Gasteiger partial charge in [-0.05, 0) is 6.08 Å². The number of hydrogen-bond donors (Lipinski definition) is 3. The Labute approximate surface area is 58.8 Å². The largest absolute Gasteiger partial charge is 0.334 e. The van der Waals surface area contributed by atoms with E-state index in [1.54, 1.807) is 0 Å². The first kappa shape index (κ1) is 6.95. The summed E-state index contributed by atoms with van der Waals surface area (Å²) in [6, 6.07) is 0. The second kappa shape index (κ2) is 2.62. The summed E-state index contributed by atoms with van der Waals surface area (Å²) in [6.45, 7) is 3.71. The fourth-order valence-corrected chi connectivity index (χ4v) is 0.763. The molecule has 0 spiro atoms. The topological polar surface area (TPSA) is 65.0 Å². The summed E-state index contributed by atoms with van der Waals surface area (Å²) in [5.74, 6) is -0.0726. The van der Waals surface area contributed by atoms with Gasteiger partial charge in [-0.3, -0.25) is 10.1 Å². The third-order valence-corrected chi connectivity index (χ3v) is 1.30. The molecule has 0 aliphatic carbocycles. The van der Waals surface area contributed by atoms with Gasteiger partial charge in [-0.1, -0.05) is 6.58 Å². The lowest BCUT2D eigenvalue weighted by molar-refractivity contribution is -0.118. The van der Waals surface area contributed by atoms with E-state index in [0.29, 0.717) is 12.3 Å². The van der Waals surface area contributed by atoms with E-state index in [0.717, 1.165) is 0 Å². The lowest BCUT2D eigenvalue weighted by Gasteiger charge is -2.06. The number of carbonyl (C=O) groups is 1. The molecule has 1 saturated heterocycles. The van der Waals surface area contributed by atoms with Gasteiger partial charge in [-0.15, -0.1) is 0 Å². The number of amides is 1. The molecule has 10 heavy (non-hydrogen) atoms. The smallest absolute Gasteiger partial charge is 0.235 e. The molecule has 1 unspecified atom stereocenters.